The van der Waals surface area contributed by atoms with Crippen molar-refractivity contribution in [1.82, 2.24) is 14.1 Å². The zero-order valence-corrected chi connectivity index (χ0v) is 10.9. The molecule has 1 aliphatic rings. The van der Waals surface area contributed by atoms with Crippen LogP contribution in [-0.2, 0) is 13.0 Å². The van der Waals surface area contributed by atoms with Gasteiger partial charge in [0.25, 0.3) is 0 Å². The number of fused-ring (bicyclic) bond motifs is 1. The lowest BCUT2D eigenvalue weighted by Crippen LogP contribution is -2.08. The van der Waals surface area contributed by atoms with Crippen LogP contribution in [-0.4, -0.2) is 19.9 Å². The molecule has 6 heteroatoms. The van der Waals surface area contributed by atoms with E-state index < -0.39 is 6.55 Å². The molecule has 0 saturated heterocycles. The maximum absolute atomic E-state index is 12.8. The number of carbonyl (C=O) groups excluding carboxylic acids is 1. The minimum atomic E-state index is -2.59. The summed E-state index contributed by atoms with van der Waals surface area (Å²) >= 11 is 0. The van der Waals surface area contributed by atoms with Gasteiger partial charge in [-0.05, 0) is 24.8 Å². The molecule has 0 aliphatic heterocycles. The lowest BCUT2D eigenvalue weighted by Gasteiger charge is -2.07. The molecule has 2 aromatic heterocycles. The van der Waals surface area contributed by atoms with Crippen LogP contribution in [0.5, 0.6) is 0 Å². The van der Waals surface area contributed by atoms with Crippen molar-refractivity contribution < 1.29 is 13.6 Å². The highest BCUT2D eigenvalue weighted by molar-refractivity contribution is 5.97. The number of nitrogens with zero attached hydrogens (tertiary/aromatic N) is 3. The molecule has 0 aromatic carbocycles. The van der Waals surface area contributed by atoms with Crippen LogP contribution in [0.25, 0.3) is 0 Å². The molecule has 0 N–H and O–H groups in total. The molecule has 20 heavy (non-hydrogen) atoms. The minimum absolute atomic E-state index is 0.147. The van der Waals surface area contributed by atoms with Crippen LogP contribution in [0.3, 0.4) is 0 Å². The number of Topliss-reactive ketones (excluding diaryl/α,β-unsaturated/α-hetero) is 1. The van der Waals surface area contributed by atoms with Gasteiger partial charge < -0.3 is 4.57 Å². The Hall–Kier alpha value is -1.98. The number of aryl methyl sites for hydroxylation is 1. The molecule has 0 amide bonds. The van der Waals surface area contributed by atoms with E-state index in [4.69, 9.17) is 0 Å². The Morgan fingerprint density at radius 2 is 2.05 bits per heavy atom. The number of alkyl halides is 2. The fourth-order valence-electron chi connectivity index (χ4n) is 2.64. The molecule has 0 radical (unpaired) electrons. The molecule has 0 atom stereocenters. The van der Waals surface area contributed by atoms with Crippen molar-refractivity contribution in [3.8, 4) is 0 Å². The molecule has 0 saturated carbocycles. The summed E-state index contributed by atoms with van der Waals surface area (Å²) in [5.41, 5.74) is 1.75. The molecule has 2 heterocycles. The van der Waals surface area contributed by atoms with Crippen molar-refractivity contribution in [2.75, 3.05) is 0 Å². The summed E-state index contributed by atoms with van der Waals surface area (Å²) in [5.74, 6) is 0.436. The van der Waals surface area contributed by atoms with E-state index in [-0.39, 0.29) is 18.2 Å². The number of halogens is 2. The first-order chi connectivity index (χ1) is 9.65. The second-order valence-electron chi connectivity index (χ2n) is 5.03. The van der Waals surface area contributed by atoms with E-state index in [2.05, 4.69) is 4.98 Å². The average Bonchev–Trinajstić information content (AvgIpc) is 2.98. The third-order valence-corrected chi connectivity index (χ3v) is 3.65. The van der Waals surface area contributed by atoms with Crippen molar-refractivity contribution in [1.29, 1.82) is 0 Å². The molecule has 0 bridgehead atoms. The van der Waals surface area contributed by atoms with Crippen LogP contribution in [0.4, 0.5) is 8.78 Å². The first-order valence-electron chi connectivity index (χ1n) is 6.67. The smallest absolute Gasteiger partial charge is 0.319 e. The maximum Gasteiger partial charge on any atom is 0.319 e. The zero-order chi connectivity index (χ0) is 14.1. The van der Waals surface area contributed by atoms with Crippen LogP contribution in [0.1, 0.15) is 47.6 Å². The second kappa shape index (κ2) is 5.19. The molecule has 3 rings (SSSR count). The van der Waals surface area contributed by atoms with E-state index in [1.54, 1.807) is 10.8 Å². The number of carbonyl (C=O) groups is 1. The first kappa shape index (κ1) is 13.0. The number of ketones is 1. The monoisotopic (exact) mass is 279 g/mol. The van der Waals surface area contributed by atoms with Crippen molar-refractivity contribution >= 4 is 5.78 Å². The van der Waals surface area contributed by atoms with E-state index in [0.717, 1.165) is 35.0 Å². The Labute approximate surface area is 115 Å². The fraction of sp³-hybridized carbons (Fsp3) is 0.429. The van der Waals surface area contributed by atoms with Gasteiger partial charge in [0, 0.05) is 36.8 Å². The summed E-state index contributed by atoms with van der Waals surface area (Å²) in [6, 6.07) is 0. The first-order valence-corrected chi connectivity index (χ1v) is 6.67. The van der Waals surface area contributed by atoms with Crippen molar-refractivity contribution in [3.63, 3.8) is 0 Å². The van der Waals surface area contributed by atoms with E-state index in [1.165, 1.54) is 12.4 Å². The highest BCUT2D eigenvalue weighted by Gasteiger charge is 2.19. The molecular weight excluding hydrogens is 264 g/mol. The Morgan fingerprint density at radius 3 is 2.85 bits per heavy atom. The predicted molar refractivity (Wildman–Crippen MR) is 68.9 cm³/mol. The van der Waals surface area contributed by atoms with Crippen LogP contribution in [0.15, 0.2) is 24.8 Å². The highest BCUT2D eigenvalue weighted by atomic mass is 19.3. The molecule has 106 valence electrons. The van der Waals surface area contributed by atoms with Gasteiger partial charge in [-0.2, -0.15) is 8.78 Å². The Morgan fingerprint density at radius 1 is 1.25 bits per heavy atom. The van der Waals surface area contributed by atoms with Gasteiger partial charge in [0.1, 0.15) is 5.82 Å². The third-order valence-electron chi connectivity index (χ3n) is 3.65. The van der Waals surface area contributed by atoms with Crippen LogP contribution >= 0.6 is 0 Å². The summed E-state index contributed by atoms with van der Waals surface area (Å²) in [6.45, 7) is -2.35. The number of hydrogen-bond donors (Lipinski definition) is 0. The molecule has 0 spiro atoms. The van der Waals surface area contributed by atoms with E-state index in [0.29, 0.717) is 6.42 Å². The van der Waals surface area contributed by atoms with Gasteiger partial charge in [0.15, 0.2) is 5.78 Å². The summed E-state index contributed by atoms with van der Waals surface area (Å²) in [4.78, 5) is 15.9. The third kappa shape index (κ3) is 2.37. The lowest BCUT2D eigenvalue weighted by atomic mass is 10.1. The predicted octanol–water partition coefficient (Wildman–Crippen LogP) is 3.04. The minimum Gasteiger partial charge on any atom is -0.346 e. The maximum atomic E-state index is 12.8. The fourth-order valence-corrected chi connectivity index (χ4v) is 2.64. The summed E-state index contributed by atoms with van der Waals surface area (Å²) < 4.78 is 28.1. The van der Waals surface area contributed by atoms with Gasteiger partial charge in [-0.1, -0.05) is 0 Å². The van der Waals surface area contributed by atoms with E-state index >= 15 is 0 Å². The average molecular weight is 279 g/mol. The van der Waals surface area contributed by atoms with Crippen LogP contribution < -0.4 is 0 Å². The van der Waals surface area contributed by atoms with Crippen molar-refractivity contribution in [2.45, 2.75) is 38.8 Å². The summed E-state index contributed by atoms with van der Waals surface area (Å²) in [5, 5.41) is 0. The normalized spacial score (nSPS) is 15.4. The topological polar surface area (TPSA) is 39.8 Å². The van der Waals surface area contributed by atoms with Crippen LogP contribution in [0.2, 0.25) is 0 Å². The van der Waals surface area contributed by atoms with Crippen molar-refractivity contribution in [2.24, 2.45) is 0 Å². The van der Waals surface area contributed by atoms with Crippen molar-refractivity contribution in [3.05, 3.63) is 41.7 Å². The van der Waals surface area contributed by atoms with Gasteiger partial charge in [-0.15, -0.1) is 0 Å². The molecule has 2 aromatic rings. The number of aromatic nitrogens is 3. The zero-order valence-electron chi connectivity index (χ0n) is 10.9. The standard InChI is InChI=1S/C14H15F2N3O/c15-14(16)19-6-5-17-13(19)9-18-7-10-3-1-2-4-12(20)11(10)8-18/h5-8,14H,1-4,9H2. The van der Waals surface area contributed by atoms with Gasteiger partial charge in [0.2, 0.25) is 0 Å². The Balaban J connectivity index is 1.87. The quantitative estimate of drug-likeness (QED) is 0.810. The second-order valence-corrected chi connectivity index (χ2v) is 5.03. The summed E-state index contributed by atoms with van der Waals surface area (Å²) in [7, 11) is 0. The Kier molecular flexibility index (Phi) is 3.38. The van der Waals surface area contributed by atoms with E-state index in [9.17, 15) is 13.6 Å². The molecule has 0 fully saturated rings. The largest absolute Gasteiger partial charge is 0.346 e. The number of rotatable bonds is 3. The molecule has 4 nitrogen and oxygen atoms in total. The lowest BCUT2D eigenvalue weighted by molar-refractivity contribution is 0.0667. The molecule has 0 unspecified atom stereocenters. The van der Waals surface area contributed by atoms with Gasteiger partial charge in [-0.25, -0.2) is 4.98 Å². The highest BCUT2D eigenvalue weighted by Crippen LogP contribution is 2.22. The van der Waals surface area contributed by atoms with Gasteiger partial charge in [-0.3, -0.25) is 9.36 Å². The van der Waals surface area contributed by atoms with E-state index in [1.807, 2.05) is 6.20 Å². The molecule has 1 aliphatic carbocycles. The van der Waals surface area contributed by atoms with Gasteiger partial charge in [0.05, 0.1) is 6.54 Å². The Bertz CT molecular complexity index is 630. The summed E-state index contributed by atoms with van der Waals surface area (Å²) in [6.07, 6.45) is 9.62. The van der Waals surface area contributed by atoms with Crippen LogP contribution in [0, 0.1) is 0 Å². The number of hydrogen-bond acceptors (Lipinski definition) is 2. The SMILES string of the molecule is O=C1CCCCc2cn(Cc3nccn3C(F)F)cc21. The van der Waals surface area contributed by atoms with Gasteiger partial charge >= 0.3 is 6.55 Å². The number of imidazole rings is 1. The molecular formula is C14H15F2N3O.